The first-order valence-electron chi connectivity index (χ1n) is 11.7. The van der Waals surface area contributed by atoms with Gasteiger partial charge < -0.3 is 14.1 Å². The average Bonchev–Trinajstić information content (AvgIpc) is 2.92. The van der Waals surface area contributed by atoms with Gasteiger partial charge in [-0.15, -0.1) is 0 Å². The van der Waals surface area contributed by atoms with E-state index >= 15 is 0 Å². The van der Waals surface area contributed by atoms with E-state index in [4.69, 9.17) is 9.16 Å². The zero-order valence-electron chi connectivity index (χ0n) is 21.7. The third-order valence-corrected chi connectivity index (χ3v) is 11.7. The maximum absolute atomic E-state index is 13.6. The highest BCUT2D eigenvalue weighted by molar-refractivity contribution is 6.74. The van der Waals surface area contributed by atoms with Crippen LogP contribution in [0.3, 0.4) is 0 Å². The van der Waals surface area contributed by atoms with Crippen molar-refractivity contribution in [3.63, 3.8) is 0 Å². The molecule has 1 aromatic carbocycles. The van der Waals surface area contributed by atoms with E-state index < -0.39 is 25.3 Å². The molecule has 5 nitrogen and oxygen atoms in total. The van der Waals surface area contributed by atoms with Crippen LogP contribution >= 0.6 is 0 Å². The summed E-state index contributed by atoms with van der Waals surface area (Å²) < 4.78 is 12.2. The lowest BCUT2D eigenvalue weighted by Crippen LogP contribution is -2.43. The van der Waals surface area contributed by atoms with E-state index in [1.807, 2.05) is 69.9 Å². The highest BCUT2D eigenvalue weighted by Gasteiger charge is 2.56. The van der Waals surface area contributed by atoms with E-state index in [1.54, 1.807) is 0 Å². The maximum atomic E-state index is 13.6. The topological polar surface area (TPSA) is 55.8 Å². The molecule has 0 aliphatic carbocycles. The third-order valence-electron chi connectivity index (χ3n) is 7.14. The highest BCUT2D eigenvalue weighted by atomic mass is 28.4. The van der Waals surface area contributed by atoms with Gasteiger partial charge in [0.2, 0.25) is 5.91 Å². The Bertz CT molecular complexity index is 809. The van der Waals surface area contributed by atoms with Gasteiger partial charge >= 0.3 is 5.97 Å². The minimum absolute atomic E-state index is 0.00791. The number of rotatable bonds is 7. The van der Waals surface area contributed by atoms with Crippen LogP contribution in [-0.2, 0) is 18.8 Å². The predicted molar refractivity (Wildman–Crippen MR) is 132 cm³/mol. The molecule has 1 fully saturated rings. The Labute approximate surface area is 196 Å². The van der Waals surface area contributed by atoms with Crippen molar-refractivity contribution in [3.8, 4) is 0 Å². The summed E-state index contributed by atoms with van der Waals surface area (Å²) in [6, 6.07) is 9.85. The van der Waals surface area contributed by atoms with Crippen LogP contribution in [0, 0.1) is 11.3 Å². The largest absolute Gasteiger partial charge is 0.459 e. The molecule has 0 aromatic heterocycles. The fraction of sp³-hybridized carbons (Fsp3) is 0.692. The summed E-state index contributed by atoms with van der Waals surface area (Å²) in [5.74, 6) is -0.764. The zero-order chi connectivity index (χ0) is 24.5. The summed E-state index contributed by atoms with van der Waals surface area (Å²) in [6.07, 6.45) is 0.513. The molecule has 1 amide bonds. The number of nitrogens with zero attached hydrogens (tertiary/aromatic N) is 1. The predicted octanol–water partition coefficient (Wildman–Crippen LogP) is 5.97. The van der Waals surface area contributed by atoms with Crippen molar-refractivity contribution in [1.29, 1.82) is 0 Å². The van der Waals surface area contributed by atoms with E-state index in [2.05, 4.69) is 33.9 Å². The number of hydrogen-bond donors (Lipinski definition) is 0. The van der Waals surface area contributed by atoms with E-state index in [9.17, 15) is 9.59 Å². The smallest absolute Gasteiger partial charge is 0.314 e. The summed E-state index contributed by atoms with van der Waals surface area (Å²) in [7, 11) is -1.94. The van der Waals surface area contributed by atoms with Crippen molar-refractivity contribution in [1.82, 2.24) is 4.90 Å². The molecule has 2 rings (SSSR count). The number of likely N-dealkylation sites (tertiary alicyclic amines) is 1. The molecule has 0 N–H and O–H groups in total. The van der Waals surface area contributed by atoms with Crippen LogP contribution in [0.2, 0.25) is 18.1 Å². The number of ether oxygens (including phenoxy) is 1. The monoisotopic (exact) mass is 461 g/mol. The van der Waals surface area contributed by atoms with Gasteiger partial charge in [0.1, 0.15) is 5.60 Å². The zero-order valence-corrected chi connectivity index (χ0v) is 22.7. The molecule has 180 valence electrons. The van der Waals surface area contributed by atoms with Gasteiger partial charge in [0.25, 0.3) is 0 Å². The fourth-order valence-electron chi connectivity index (χ4n) is 3.95. The first-order valence-corrected chi connectivity index (χ1v) is 14.6. The van der Waals surface area contributed by atoms with Gasteiger partial charge in [-0.25, -0.2) is 0 Å². The summed E-state index contributed by atoms with van der Waals surface area (Å²) in [5.41, 5.74) is -0.459. The molecule has 0 spiro atoms. The number of amides is 1. The van der Waals surface area contributed by atoms with Crippen LogP contribution in [0.25, 0.3) is 0 Å². The average molecular weight is 462 g/mol. The van der Waals surface area contributed by atoms with Crippen LogP contribution in [0.1, 0.15) is 73.4 Å². The van der Waals surface area contributed by atoms with Crippen LogP contribution in [-0.4, -0.2) is 43.8 Å². The van der Waals surface area contributed by atoms with Crippen molar-refractivity contribution >= 4 is 20.2 Å². The minimum Gasteiger partial charge on any atom is -0.459 e. The number of esters is 1. The molecular weight excluding hydrogens is 418 g/mol. The minimum atomic E-state index is -1.94. The quantitative estimate of drug-likeness (QED) is 0.371. The Kier molecular flexibility index (Phi) is 7.72. The van der Waals surface area contributed by atoms with Crippen molar-refractivity contribution in [3.05, 3.63) is 35.9 Å². The van der Waals surface area contributed by atoms with E-state index in [-0.39, 0.29) is 23.0 Å². The lowest BCUT2D eigenvalue weighted by molar-refractivity contribution is -0.169. The van der Waals surface area contributed by atoms with Crippen molar-refractivity contribution in [2.24, 2.45) is 11.3 Å². The molecule has 1 saturated heterocycles. The van der Waals surface area contributed by atoms with Crippen LogP contribution in [0.5, 0.6) is 0 Å². The van der Waals surface area contributed by atoms with Crippen molar-refractivity contribution < 1.29 is 18.8 Å². The fourth-order valence-corrected chi connectivity index (χ4v) is 5.01. The molecule has 1 aliphatic heterocycles. The van der Waals surface area contributed by atoms with Gasteiger partial charge in [0.05, 0.1) is 17.4 Å². The second kappa shape index (κ2) is 9.30. The molecule has 0 bridgehead atoms. The SMILES string of the molecule is C[C@H](c1ccccc1)N1C[C@@](C)(C(=O)OC(C)(C)C)C(CCO[Si](C)(C)C(C)(C)C)C1=O. The Morgan fingerprint density at radius 3 is 2.22 bits per heavy atom. The highest BCUT2D eigenvalue weighted by Crippen LogP contribution is 2.44. The Balaban J connectivity index is 2.29. The van der Waals surface area contributed by atoms with Gasteiger partial charge in [0.15, 0.2) is 8.32 Å². The first-order chi connectivity index (χ1) is 14.5. The van der Waals surface area contributed by atoms with Gasteiger partial charge in [0, 0.05) is 13.2 Å². The lowest BCUT2D eigenvalue weighted by atomic mass is 9.78. The summed E-state index contributed by atoms with van der Waals surface area (Å²) in [6.45, 7) is 21.4. The van der Waals surface area contributed by atoms with Crippen LogP contribution in [0.4, 0.5) is 0 Å². The number of carbonyl (C=O) groups is 2. The Morgan fingerprint density at radius 1 is 1.16 bits per heavy atom. The Hall–Kier alpha value is -1.66. The molecule has 1 aliphatic rings. The normalized spacial score (nSPS) is 23.4. The van der Waals surface area contributed by atoms with Gasteiger partial charge in [-0.3, -0.25) is 9.59 Å². The second-order valence-corrected chi connectivity index (χ2v) is 16.7. The van der Waals surface area contributed by atoms with Gasteiger partial charge in [-0.2, -0.15) is 0 Å². The molecule has 3 atom stereocenters. The van der Waals surface area contributed by atoms with Crippen molar-refractivity contribution in [2.45, 2.75) is 91.6 Å². The van der Waals surface area contributed by atoms with Crippen LogP contribution < -0.4 is 0 Å². The number of carbonyl (C=O) groups excluding carboxylic acids is 2. The Morgan fingerprint density at radius 2 is 1.72 bits per heavy atom. The molecule has 0 radical (unpaired) electrons. The summed E-state index contributed by atoms with van der Waals surface area (Å²) in [5, 5.41) is 0.0923. The summed E-state index contributed by atoms with van der Waals surface area (Å²) in [4.78, 5) is 28.8. The second-order valence-electron chi connectivity index (χ2n) is 11.9. The van der Waals surface area contributed by atoms with E-state index in [0.29, 0.717) is 19.6 Å². The maximum Gasteiger partial charge on any atom is 0.314 e. The first kappa shape index (κ1) is 26.6. The molecule has 1 unspecified atom stereocenters. The standard InChI is InChI=1S/C26H43NO4Si/c1-19(20-14-12-11-13-15-20)27-18-26(8,23(29)31-24(2,3)4)21(22(27)28)16-17-30-32(9,10)25(5,6)7/h11-15,19,21H,16-18H2,1-10H3/t19-,21?,26-/m1/s1. The lowest BCUT2D eigenvalue weighted by Gasteiger charge is -2.37. The van der Waals surface area contributed by atoms with Gasteiger partial charge in [-0.1, -0.05) is 51.1 Å². The molecular formula is C26H43NO4Si. The van der Waals surface area contributed by atoms with Crippen LogP contribution in [0.15, 0.2) is 30.3 Å². The number of benzene rings is 1. The van der Waals surface area contributed by atoms with Crippen molar-refractivity contribution in [2.75, 3.05) is 13.2 Å². The summed E-state index contributed by atoms with van der Waals surface area (Å²) >= 11 is 0. The molecule has 32 heavy (non-hydrogen) atoms. The number of hydrogen-bond acceptors (Lipinski definition) is 4. The third kappa shape index (κ3) is 5.82. The molecule has 6 heteroatoms. The molecule has 1 heterocycles. The molecule has 1 aromatic rings. The van der Waals surface area contributed by atoms with Gasteiger partial charge in [-0.05, 0) is 64.7 Å². The molecule has 0 saturated carbocycles. The van der Waals surface area contributed by atoms with E-state index in [0.717, 1.165) is 5.56 Å². The van der Waals surface area contributed by atoms with E-state index in [1.165, 1.54) is 0 Å².